The molecule has 0 saturated heterocycles. The van der Waals surface area contributed by atoms with E-state index in [0.29, 0.717) is 0 Å². The molecule has 0 aliphatic rings. The van der Waals surface area contributed by atoms with Gasteiger partial charge in [0.15, 0.2) is 0 Å². The Bertz CT molecular complexity index is 214. The van der Waals surface area contributed by atoms with E-state index in [1.165, 1.54) is 0 Å². The van der Waals surface area contributed by atoms with Gasteiger partial charge in [-0.15, -0.1) is 0 Å². The first-order chi connectivity index (χ1) is 7.85. The van der Waals surface area contributed by atoms with Gasteiger partial charge in [-0.2, -0.15) is 0 Å². The van der Waals surface area contributed by atoms with Crippen LogP contribution >= 0.6 is 0 Å². The summed E-state index contributed by atoms with van der Waals surface area (Å²) in [6.45, 7) is 9.12. The van der Waals surface area contributed by atoms with Crippen LogP contribution in [0.25, 0.3) is 0 Å². The van der Waals surface area contributed by atoms with Gasteiger partial charge < -0.3 is 19.7 Å². The molecular weight excluding hydrogens is 220 g/mol. The summed E-state index contributed by atoms with van der Waals surface area (Å²) >= 11 is 0. The highest BCUT2D eigenvalue weighted by molar-refractivity contribution is 5.72. The molecule has 0 heterocycles. The Morgan fingerprint density at radius 2 is 1.94 bits per heavy atom. The summed E-state index contributed by atoms with van der Waals surface area (Å²) in [5.41, 5.74) is -0.409. The maximum absolute atomic E-state index is 11.4. The van der Waals surface area contributed by atoms with Crippen molar-refractivity contribution in [1.82, 2.24) is 10.2 Å². The predicted octanol–water partition coefficient (Wildman–Crippen LogP) is 0.496. The molecule has 0 aromatic rings. The van der Waals surface area contributed by atoms with Crippen LogP contribution in [0, 0.1) is 0 Å². The average Bonchev–Trinajstić information content (AvgIpc) is 2.19. The van der Waals surface area contributed by atoms with Gasteiger partial charge in [0.05, 0.1) is 13.2 Å². The summed E-state index contributed by atoms with van der Waals surface area (Å²) in [4.78, 5) is 13.5. The summed E-state index contributed by atoms with van der Waals surface area (Å²) in [6, 6.07) is 0. The second kappa shape index (κ2) is 8.44. The molecule has 0 aromatic carbocycles. The van der Waals surface area contributed by atoms with E-state index in [1.54, 1.807) is 7.11 Å². The van der Waals surface area contributed by atoms with Gasteiger partial charge in [0.2, 0.25) is 0 Å². The number of hydrogen-bond acceptors (Lipinski definition) is 5. The Labute approximate surface area is 104 Å². The van der Waals surface area contributed by atoms with Crippen molar-refractivity contribution in [3.63, 3.8) is 0 Å². The molecule has 0 aliphatic carbocycles. The van der Waals surface area contributed by atoms with Crippen molar-refractivity contribution >= 4 is 5.97 Å². The minimum absolute atomic E-state index is 0.211. The number of carbonyl (C=O) groups is 1. The lowest BCUT2D eigenvalue weighted by Gasteiger charge is -2.20. The lowest BCUT2D eigenvalue weighted by atomic mass is 10.2. The quantitative estimate of drug-likeness (QED) is 0.499. The van der Waals surface area contributed by atoms with Gasteiger partial charge in [0.25, 0.3) is 0 Å². The summed E-state index contributed by atoms with van der Waals surface area (Å²) in [7, 11) is 3.71. The summed E-state index contributed by atoms with van der Waals surface area (Å²) in [5, 5.41) is 3.06. The van der Waals surface area contributed by atoms with Gasteiger partial charge in [0, 0.05) is 26.7 Å². The molecule has 0 fully saturated rings. The molecule has 0 aromatic heterocycles. The van der Waals surface area contributed by atoms with E-state index < -0.39 is 5.60 Å². The van der Waals surface area contributed by atoms with E-state index in [0.717, 1.165) is 26.2 Å². The highest BCUT2D eigenvalue weighted by Gasteiger charge is 2.15. The molecule has 0 spiro atoms. The minimum Gasteiger partial charge on any atom is -0.459 e. The molecule has 5 nitrogen and oxygen atoms in total. The van der Waals surface area contributed by atoms with Crippen LogP contribution in [0.3, 0.4) is 0 Å². The number of esters is 1. The lowest BCUT2D eigenvalue weighted by molar-refractivity contribution is -0.153. The van der Waals surface area contributed by atoms with E-state index in [2.05, 4.69) is 10.2 Å². The minimum atomic E-state index is -0.409. The normalized spacial score (nSPS) is 11.9. The number of carbonyl (C=O) groups excluding carboxylic acids is 1. The van der Waals surface area contributed by atoms with Crippen LogP contribution in [0.15, 0.2) is 0 Å². The molecule has 0 radical (unpaired) electrons. The van der Waals surface area contributed by atoms with Crippen molar-refractivity contribution in [2.45, 2.75) is 26.4 Å². The largest absolute Gasteiger partial charge is 0.459 e. The summed E-state index contributed by atoms with van der Waals surface area (Å²) in [6.07, 6.45) is 0. The molecule has 0 saturated carbocycles. The van der Waals surface area contributed by atoms with Crippen molar-refractivity contribution in [3.8, 4) is 0 Å². The first-order valence-corrected chi connectivity index (χ1v) is 5.95. The number of hydrogen-bond donors (Lipinski definition) is 1. The standard InChI is InChI=1S/C12H26N2O3/c1-12(2,3)17-11(15)10-13-6-7-14(4)8-9-16-5/h13H,6-10H2,1-5H3. The molecule has 0 bridgehead atoms. The van der Waals surface area contributed by atoms with Crippen molar-refractivity contribution in [3.05, 3.63) is 0 Å². The molecule has 0 atom stereocenters. The monoisotopic (exact) mass is 246 g/mol. The van der Waals surface area contributed by atoms with E-state index in [4.69, 9.17) is 9.47 Å². The Hall–Kier alpha value is -0.650. The smallest absolute Gasteiger partial charge is 0.320 e. The number of nitrogens with one attached hydrogen (secondary N) is 1. The zero-order valence-corrected chi connectivity index (χ0v) is 11.7. The predicted molar refractivity (Wildman–Crippen MR) is 68.1 cm³/mol. The Balaban J connectivity index is 3.48. The van der Waals surface area contributed by atoms with Crippen molar-refractivity contribution in [2.24, 2.45) is 0 Å². The molecule has 5 heteroatoms. The van der Waals surface area contributed by atoms with Crippen LogP contribution in [-0.4, -0.2) is 63.4 Å². The molecule has 17 heavy (non-hydrogen) atoms. The fourth-order valence-corrected chi connectivity index (χ4v) is 1.20. The molecule has 0 amide bonds. The van der Waals surface area contributed by atoms with Crippen molar-refractivity contribution in [2.75, 3.05) is 46.9 Å². The van der Waals surface area contributed by atoms with Gasteiger partial charge >= 0.3 is 5.97 Å². The second-order valence-corrected chi connectivity index (χ2v) is 5.06. The fourth-order valence-electron chi connectivity index (χ4n) is 1.20. The third kappa shape index (κ3) is 11.6. The highest BCUT2D eigenvalue weighted by Crippen LogP contribution is 2.05. The molecule has 1 N–H and O–H groups in total. The maximum atomic E-state index is 11.4. The van der Waals surface area contributed by atoms with Gasteiger partial charge in [-0.05, 0) is 27.8 Å². The van der Waals surface area contributed by atoms with Crippen molar-refractivity contribution < 1.29 is 14.3 Å². The number of methoxy groups -OCH3 is 1. The van der Waals surface area contributed by atoms with Gasteiger partial charge in [-0.25, -0.2) is 0 Å². The highest BCUT2D eigenvalue weighted by atomic mass is 16.6. The Morgan fingerprint density at radius 1 is 1.29 bits per heavy atom. The molecule has 0 aliphatic heterocycles. The second-order valence-electron chi connectivity index (χ2n) is 5.06. The van der Waals surface area contributed by atoms with E-state index in [9.17, 15) is 4.79 Å². The molecule has 0 unspecified atom stereocenters. The summed E-state index contributed by atoms with van der Waals surface area (Å²) in [5.74, 6) is -0.211. The zero-order valence-electron chi connectivity index (χ0n) is 11.7. The SMILES string of the molecule is COCCN(C)CCNCC(=O)OC(C)(C)C. The molecular formula is C12H26N2O3. The third-order valence-electron chi connectivity index (χ3n) is 2.04. The Morgan fingerprint density at radius 3 is 2.47 bits per heavy atom. The van der Waals surface area contributed by atoms with E-state index >= 15 is 0 Å². The van der Waals surface area contributed by atoms with Crippen LogP contribution in [0.2, 0.25) is 0 Å². The maximum Gasteiger partial charge on any atom is 0.320 e. The van der Waals surface area contributed by atoms with Crippen LogP contribution in [0.4, 0.5) is 0 Å². The average molecular weight is 246 g/mol. The van der Waals surface area contributed by atoms with E-state index in [-0.39, 0.29) is 12.5 Å². The molecule has 0 rings (SSSR count). The third-order valence-corrected chi connectivity index (χ3v) is 2.04. The van der Waals surface area contributed by atoms with Crippen LogP contribution in [0.1, 0.15) is 20.8 Å². The first kappa shape index (κ1) is 16.4. The first-order valence-electron chi connectivity index (χ1n) is 5.95. The van der Waals surface area contributed by atoms with E-state index in [1.807, 2.05) is 27.8 Å². The fraction of sp³-hybridized carbons (Fsp3) is 0.917. The summed E-state index contributed by atoms with van der Waals surface area (Å²) < 4.78 is 10.2. The van der Waals surface area contributed by atoms with Gasteiger partial charge in [0.1, 0.15) is 5.60 Å². The number of likely N-dealkylation sites (N-methyl/N-ethyl adjacent to an activating group) is 1. The topological polar surface area (TPSA) is 50.8 Å². The van der Waals surface area contributed by atoms with Gasteiger partial charge in [-0.3, -0.25) is 4.79 Å². The number of ether oxygens (including phenoxy) is 2. The number of nitrogens with zero attached hydrogens (tertiary/aromatic N) is 1. The zero-order chi connectivity index (χ0) is 13.3. The lowest BCUT2D eigenvalue weighted by Crippen LogP contribution is -2.36. The van der Waals surface area contributed by atoms with Gasteiger partial charge in [-0.1, -0.05) is 0 Å². The van der Waals surface area contributed by atoms with Crippen LogP contribution in [-0.2, 0) is 14.3 Å². The van der Waals surface area contributed by atoms with Crippen molar-refractivity contribution in [1.29, 1.82) is 0 Å². The molecule has 102 valence electrons. The Kier molecular flexibility index (Phi) is 8.12. The van der Waals surface area contributed by atoms with Crippen LogP contribution < -0.4 is 5.32 Å². The van der Waals surface area contributed by atoms with Crippen LogP contribution in [0.5, 0.6) is 0 Å². The number of rotatable bonds is 8.